The van der Waals surface area contributed by atoms with Crippen LogP contribution in [0.15, 0.2) is 36.4 Å². The Kier molecular flexibility index (Phi) is 4.98. The van der Waals surface area contributed by atoms with Crippen molar-refractivity contribution < 1.29 is 20.1 Å². The molecule has 0 spiro atoms. The van der Waals surface area contributed by atoms with E-state index in [1.165, 1.54) is 6.07 Å². The summed E-state index contributed by atoms with van der Waals surface area (Å²) in [7, 11) is 0. The highest BCUT2D eigenvalue weighted by Crippen LogP contribution is 2.32. The molecule has 5 N–H and O–H groups in total. The van der Waals surface area contributed by atoms with Gasteiger partial charge in [0, 0.05) is 22.5 Å². The van der Waals surface area contributed by atoms with Crippen LogP contribution < -0.4 is 10.6 Å². The Morgan fingerprint density at radius 1 is 1.09 bits per heavy atom. The number of anilines is 2. The van der Waals surface area contributed by atoms with Gasteiger partial charge in [-0.1, -0.05) is 18.2 Å². The third kappa shape index (κ3) is 3.36. The van der Waals surface area contributed by atoms with Gasteiger partial charge in [-0.2, -0.15) is 0 Å². The molecule has 2 aromatic carbocycles. The quantitative estimate of drug-likeness (QED) is 0.559. The molecule has 0 saturated heterocycles. The van der Waals surface area contributed by atoms with Gasteiger partial charge in [-0.25, -0.2) is 4.79 Å². The number of carbonyl (C=O) groups excluding carboxylic acids is 1. The summed E-state index contributed by atoms with van der Waals surface area (Å²) in [5.74, 6) is -0.156. The minimum atomic E-state index is -0.451. The van der Waals surface area contributed by atoms with E-state index in [1.54, 1.807) is 31.2 Å². The summed E-state index contributed by atoms with van der Waals surface area (Å²) in [6, 6.07) is 9.98. The molecule has 0 aliphatic heterocycles. The van der Waals surface area contributed by atoms with Crippen molar-refractivity contribution >= 4 is 17.4 Å². The van der Waals surface area contributed by atoms with Crippen LogP contribution in [-0.2, 0) is 13.2 Å². The fourth-order valence-electron chi connectivity index (χ4n) is 2.13. The number of aliphatic hydroxyl groups is 2. The van der Waals surface area contributed by atoms with E-state index in [2.05, 4.69) is 10.6 Å². The second-order valence-electron chi connectivity index (χ2n) is 4.80. The van der Waals surface area contributed by atoms with E-state index in [1.807, 2.05) is 6.07 Å². The molecule has 0 aliphatic rings. The molecular weight excluding hydrogens is 284 g/mol. The summed E-state index contributed by atoms with van der Waals surface area (Å²) in [4.78, 5) is 12.0. The van der Waals surface area contributed by atoms with Crippen LogP contribution in [0.1, 0.15) is 16.7 Å². The average molecular weight is 302 g/mol. The summed E-state index contributed by atoms with van der Waals surface area (Å²) in [6.07, 6.45) is 0. The lowest BCUT2D eigenvalue weighted by atomic mass is 10.0. The highest BCUT2D eigenvalue weighted by atomic mass is 16.3. The topological polar surface area (TPSA) is 102 Å². The molecule has 0 atom stereocenters. The van der Waals surface area contributed by atoms with Crippen molar-refractivity contribution in [2.45, 2.75) is 20.1 Å². The van der Waals surface area contributed by atoms with Crippen LogP contribution in [0.2, 0.25) is 0 Å². The van der Waals surface area contributed by atoms with Gasteiger partial charge in [-0.15, -0.1) is 0 Å². The molecule has 0 radical (unpaired) electrons. The Morgan fingerprint density at radius 3 is 2.36 bits per heavy atom. The molecule has 2 rings (SSSR count). The molecule has 0 aliphatic carbocycles. The first-order valence-electron chi connectivity index (χ1n) is 6.76. The van der Waals surface area contributed by atoms with Crippen LogP contribution >= 0.6 is 0 Å². The van der Waals surface area contributed by atoms with Crippen LogP contribution in [-0.4, -0.2) is 21.4 Å². The third-order valence-electron chi connectivity index (χ3n) is 3.37. The first-order chi connectivity index (χ1) is 10.6. The number of urea groups is 1. The Bertz CT molecular complexity index is 672. The van der Waals surface area contributed by atoms with Crippen molar-refractivity contribution in [3.05, 3.63) is 53.1 Å². The van der Waals surface area contributed by atoms with E-state index in [4.69, 9.17) is 0 Å². The maximum atomic E-state index is 12.0. The Morgan fingerprint density at radius 2 is 1.77 bits per heavy atom. The summed E-state index contributed by atoms with van der Waals surface area (Å²) in [6.45, 7) is 0.888. The molecule has 2 aromatic rings. The number of carbonyl (C=O) groups is 1. The smallest absolute Gasteiger partial charge is 0.323 e. The molecule has 6 heteroatoms. The van der Waals surface area contributed by atoms with Crippen molar-refractivity contribution in [3.8, 4) is 5.75 Å². The standard InChI is InChI=1S/C16H18N2O4/c1-10-13(9-20)15(21)11(8-19)7-14(10)18-16(22)17-12-5-3-2-4-6-12/h2-7,19-21H,8-9H2,1H3,(H2,17,18,22). The molecule has 0 fully saturated rings. The fraction of sp³-hybridized carbons (Fsp3) is 0.188. The summed E-state index contributed by atoms with van der Waals surface area (Å²) >= 11 is 0. The number of benzene rings is 2. The molecule has 0 heterocycles. The summed E-state index contributed by atoms with van der Waals surface area (Å²) in [5, 5.41) is 33.8. The average Bonchev–Trinajstić information content (AvgIpc) is 2.51. The van der Waals surface area contributed by atoms with Crippen molar-refractivity contribution in [2.75, 3.05) is 10.6 Å². The molecule has 0 unspecified atom stereocenters. The number of phenols is 1. The zero-order chi connectivity index (χ0) is 16.1. The molecule has 22 heavy (non-hydrogen) atoms. The predicted molar refractivity (Wildman–Crippen MR) is 83.8 cm³/mol. The zero-order valence-electron chi connectivity index (χ0n) is 12.1. The van der Waals surface area contributed by atoms with E-state index >= 15 is 0 Å². The van der Waals surface area contributed by atoms with Crippen LogP contribution in [0.5, 0.6) is 5.75 Å². The molecule has 0 saturated carbocycles. The normalized spacial score (nSPS) is 10.3. The highest BCUT2D eigenvalue weighted by Gasteiger charge is 2.15. The van der Waals surface area contributed by atoms with Crippen molar-refractivity contribution in [1.29, 1.82) is 0 Å². The molecule has 2 amide bonds. The third-order valence-corrected chi connectivity index (χ3v) is 3.37. The van der Waals surface area contributed by atoms with E-state index in [0.717, 1.165) is 0 Å². The molecular formula is C16H18N2O4. The van der Waals surface area contributed by atoms with E-state index in [-0.39, 0.29) is 23.5 Å². The number of hydrogen-bond donors (Lipinski definition) is 5. The predicted octanol–water partition coefficient (Wildman–Crippen LogP) is 2.33. The van der Waals surface area contributed by atoms with E-state index < -0.39 is 12.6 Å². The van der Waals surface area contributed by atoms with Gasteiger partial charge in [-0.3, -0.25) is 0 Å². The molecule has 0 bridgehead atoms. The summed E-state index contributed by atoms with van der Waals surface area (Å²) in [5.41, 5.74) is 2.12. The van der Waals surface area contributed by atoms with Crippen LogP contribution in [0.4, 0.5) is 16.2 Å². The van der Waals surface area contributed by atoms with Gasteiger partial charge in [0.05, 0.1) is 13.2 Å². The number of aromatic hydroxyl groups is 1. The van der Waals surface area contributed by atoms with Crippen LogP contribution in [0.25, 0.3) is 0 Å². The maximum absolute atomic E-state index is 12.0. The molecule has 116 valence electrons. The SMILES string of the molecule is Cc1c(NC(=O)Nc2ccccc2)cc(CO)c(O)c1CO. The van der Waals surface area contributed by atoms with Crippen molar-refractivity contribution in [1.82, 2.24) is 0 Å². The van der Waals surface area contributed by atoms with Gasteiger partial charge < -0.3 is 26.0 Å². The Balaban J connectivity index is 2.23. The second-order valence-corrected chi connectivity index (χ2v) is 4.80. The Labute approximate surface area is 128 Å². The van der Waals surface area contributed by atoms with Crippen molar-refractivity contribution in [2.24, 2.45) is 0 Å². The first-order valence-corrected chi connectivity index (χ1v) is 6.76. The van der Waals surface area contributed by atoms with Gasteiger partial charge in [-0.05, 0) is 30.7 Å². The summed E-state index contributed by atoms with van der Waals surface area (Å²) < 4.78 is 0. The maximum Gasteiger partial charge on any atom is 0.323 e. The number of nitrogens with one attached hydrogen (secondary N) is 2. The lowest BCUT2D eigenvalue weighted by molar-refractivity contribution is 0.260. The first kappa shape index (κ1) is 15.8. The highest BCUT2D eigenvalue weighted by molar-refractivity contribution is 6.00. The number of amides is 2. The van der Waals surface area contributed by atoms with Gasteiger partial charge >= 0.3 is 6.03 Å². The van der Waals surface area contributed by atoms with E-state index in [0.29, 0.717) is 16.9 Å². The largest absolute Gasteiger partial charge is 0.507 e. The fourth-order valence-corrected chi connectivity index (χ4v) is 2.13. The monoisotopic (exact) mass is 302 g/mol. The van der Waals surface area contributed by atoms with Gasteiger partial charge in [0.25, 0.3) is 0 Å². The van der Waals surface area contributed by atoms with Crippen LogP contribution in [0, 0.1) is 6.92 Å². The number of aliphatic hydroxyl groups excluding tert-OH is 2. The lowest BCUT2D eigenvalue weighted by Gasteiger charge is -2.16. The lowest BCUT2D eigenvalue weighted by Crippen LogP contribution is -2.20. The molecule has 0 aromatic heterocycles. The second kappa shape index (κ2) is 6.93. The van der Waals surface area contributed by atoms with Gasteiger partial charge in [0.15, 0.2) is 0 Å². The minimum Gasteiger partial charge on any atom is -0.507 e. The van der Waals surface area contributed by atoms with Gasteiger partial charge in [0.2, 0.25) is 0 Å². The Hall–Kier alpha value is -2.57. The molecule has 6 nitrogen and oxygen atoms in total. The van der Waals surface area contributed by atoms with Gasteiger partial charge in [0.1, 0.15) is 5.75 Å². The van der Waals surface area contributed by atoms with E-state index in [9.17, 15) is 20.1 Å². The number of para-hydroxylation sites is 1. The number of hydrogen-bond acceptors (Lipinski definition) is 4. The van der Waals surface area contributed by atoms with Crippen molar-refractivity contribution in [3.63, 3.8) is 0 Å². The number of rotatable bonds is 4. The van der Waals surface area contributed by atoms with Crippen LogP contribution in [0.3, 0.4) is 0 Å². The zero-order valence-corrected chi connectivity index (χ0v) is 12.1. The minimum absolute atomic E-state index is 0.156.